The van der Waals surface area contributed by atoms with E-state index in [0.29, 0.717) is 40.5 Å². The fraction of sp³-hybridized carbons (Fsp3) is 0.391. The highest BCUT2D eigenvalue weighted by Crippen LogP contribution is 2.50. The quantitative estimate of drug-likeness (QED) is 0.183. The number of hydrogen-bond acceptors (Lipinski definition) is 6. The van der Waals surface area contributed by atoms with Crippen molar-refractivity contribution in [1.82, 2.24) is 4.98 Å². The lowest BCUT2D eigenvalue weighted by molar-refractivity contribution is -0.192. The molecule has 1 aliphatic rings. The van der Waals surface area contributed by atoms with Gasteiger partial charge in [0.2, 0.25) is 0 Å². The van der Waals surface area contributed by atoms with Gasteiger partial charge in [-0.25, -0.2) is 18.6 Å². The first-order valence-electron chi connectivity index (χ1n) is 10.6. The number of thiophene rings is 2. The molecule has 3 heterocycles. The highest BCUT2D eigenvalue weighted by Gasteiger charge is 2.48. The smallest absolute Gasteiger partial charge is 0.475 e. The SMILES string of the molecule is CC#Cc1c(C2[C@@H](N)CCCC2(F)F)sc2c(NCc3cccs3)cc(Cl)nc12.O=C(O)C(F)(F)F. The molecule has 4 N–H and O–H groups in total. The molecule has 0 saturated heterocycles. The van der Waals surface area contributed by atoms with Crippen molar-refractivity contribution in [1.29, 1.82) is 0 Å². The first-order chi connectivity index (χ1) is 16.8. The number of pyridine rings is 1. The molecule has 0 aromatic carbocycles. The standard InChI is InChI=1S/C21H20ClF2N3S2.C2HF3O2/c1-2-5-13-18-20(29-19(13)17-14(25)7-3-8-21(17,23)24)15(10-16(22)27-18)26-11-12-6-4-9-28-12;3-2(4,5)1(6)7/h4,6,9-10,14,17H,3,7-8,11,25H2,1H3,(H,26,27);(H,6,7)/t14-,17?;/m0./s1. The van der Waals surface area contributed by atoms with Crippen molar-refractivity contribution in [2.75, 3.05) is 5.32 Å². The maximum Gasteiger partial charge on any atom is 0.490 e. The lowest BCUT2D eigenvalue weighted by atomic mass is 9.79. The predicted molar refractivity (Wildman–Crippen MR) is 132 cm³/mol. The summed E-state index contributed by atoms with van der Waals surface area (Å²) in [6.45, 7) is 2.31. The lowest BCUT2D eigenvalue weighted by Gasteiger charge is -2.35. The number of alkyl halides is 5. The zero-order valence-corrected chi connectivity index (χ0v) is 21.1. The number of rotatable bonds is 4. The third-order valence-electron chi connectivity index (χ3n) is 5.38. The van der Waals surface area contributed by atoms with Crippen LogP contribution in [0.25, 0.3) is 10.2 Å². The van der Waals surface area contributed by atoms with Crippen molar-refractivity contribution < 1.29 is 31.9 Å². The number of carboxylic acid groups (broad SMARTS) is 1. The minimum atomic E-state index is -5.08. The van der Waals surface area contributed by atoms with Crippen molar-refractivity contribution in [2.45, 2.75) is 56.8 Å². The highest BCUT2D eigenvalue weighted by atomic mass is 35.5. The zero-order chi connectivity index (χ0) is 26.7. The predicted octanol–water partition coefficient (Wildman–Crippen LogP) is 6.86. The molecule has 0 aliphatic heterocycles. The maximum absolute atomic E-state index is 14.9. The Balaban J connectivity index is 0.000000454. The first-order valence-corrected chi connectivity index (χ1v) is 12.7. The second-order valence-electron chi connectivity index (χ2n) is 7.92. The van der Waals surface area contributed by atoms with E-state index in [-0.39, 0.29) is 6.42 Å². The zero-order valence-electron chi connectivity index (χ0n) is 18.8. The number of nitrogens with zero attached hydrogens (tertiary/aromatic N) is 1. The topological polar surface area (TPSA) is 88.2 Å². The highest BCUT2D eigenvalue weighted by molar-refractivity contribution is 7.20. The van der Waals surface area contributed by atoms with Crippen LogP contribution in [-0.4, -0.2) is 34.2 Å². The normalized spacial score (nSPS) is 19.1. The van der Waals surface area contributed by atoms with Gasteiger partial charge in [-0.05, 0) is 31.2 Å². The van der Waals surface area contributed by atoms with E-state index in [0.717, 1.165) is 15.3 Å². The van der Waals surface area contributed by atoms with Crippen molar-refractivity contribution in [3.8, 4) is 11.8 Å². The summed E-state index contributed by atoms with van der Waals surface area (Å²) in [5, 5.41) is 12.8. The van der Waals surface area contributed by atoms with Crippen molar-refractivity contribution in [3.05, 3.63) is 44.1 Å². The third kappa shape index (κ3) is 6.45. The third-order valence-corrected chi connectivity index (χ3v) is 7.74. The first kappa shape index (κ1) is 28.1. The minimum Gasteiger partial charge on any atom is -0.475 e. The van der Waals surface area contributed by atoms with Crippen LogP contribution >= 0.6 is 34.3 Å². The van der Waals surface area contributed by atoms with Crippen LogP contribution in [0.3, 0.4) is 0 Å². The van der Waals surface area contributed by atoms with Crippen LogP contribution in [-0.2, 0) is 11.3 Å². The summed E-state index contributed by atoms with van der Waals surface area (Å²) >= 11 is 9.22. The second-order valence-corrected chi connectivity index (χ2v) is 10.4. The Labute approximate surface area is 216 Å². The fourth-order valence-corrected chi connectivity index (χ4v) is 6.11. The molecule has 1 fully saturated rings. The van der Waals surface area contributed by atoms with E-state index < -0.39 is 30.0 Å². The monoisotopic (exact) mass is 565 g/mol. The number of nitrogens with one attached hydrogen (secondary N) is 1. The largest absolute Gasteiger partial charge is 0.490 e. The molecular weight excluding hydrogens is 545 g/mol. The van der Waals surface area contributed by atoms with Gasteiger partial charge in [0.05, 0.1) is 21.9 Å². The molecular formula is C23H21ClF5N3O2S2. The average molecular weight is 566 g/mol. The molecule has 194 valence electrons. The summed E-state index contributed by atoms with van der Waals surface area (Å²) in [6.07, 6.45) is -4.23. The van der Waals surface area contributed by atoms with E-state index in [1.165, 1.54) is 11.3 Å². The van der Waals surface area contributed by atoms with Gasteiger partial charge in [0, 0.05) is 34.8 Å². The second kappa shape index (κ2) is 11.3. The number of halogens is 6. The molecule has 5 nitrogen and oxygen atoms in total. The van der Waals surface area contributed by atoms with E-state index in [4.69, 9.17) is 27.2 Å². The van der Waals surface area contributed by atoms with Crippen LogP contribution in [0.5, 0.6) is 0 Å². The number of carboxylic acids is 1. The molecule has 2 atom stereocenters. The van der Waals surface area contributed by atoms with Gasteiger partial charge in [0.15, 0.2) is 0 Å². The Morgan fingerprint density at radius 3 is 2.67 bits per heavy atom. The Morgan fingerprint density at radius 1 is 1.42 bits per heavy atom. The molecule has 0 spiro atoms. The number of aliphatic carboxylic acids is 1. The molecule has 36 heavy (non-hydrogen) atoms. The fourth-order valence-electron chi connectivity index (χ4n) is 3.84. The van der Waals surface area contributed by atoms with Gasteiger partial charge in [0.1, 0.15) is 10.7 Å². The summed E-state index contributed by atoms with van der Waals surface area (Å²) in [5.74, 6) is -0.831. The Morgan fingerprint density at radius 2 is 2.11 bits per heavy atom. The average Bonchev–Trinajstić information content (AvgIpc) is 3.40. The number of carbonyl (C=O) groups is 1. The summed E-state index contributed by atoms with van der Waals surface area (Å²) in [5.41, 5.74) is 8.04. The van der Waals surface area contributed by atoms with Gasteiger partial charge >= 0.3 is 12.1 Å². The molecule has 4 rings (SSSR count). The van der Waals surface area contributed by atoms with Crippen LogP contribution in [0.4, 0.5) is 27.6 Å². The Bertz CT molecular complexity index is 1280. The van der Waals surface area contributed by atoms with Gasteiger partial charge in [0.25, 0.3) is 5.92 Å². The van der Waals surface area contributed by atoms with Gasteiger partial charge in [-0.15, -0.1) is 28.6 Å². The van der Waals surface area contributed by atoms with Crippen LogP contribution in [0, 0.1) is 11.8 Å². The van der Waals surface area contributed by atoms with Crippen LogP contribution in [0.1, 0.15) is 47.4 Å². The number of hydrogen-bond donors (Lipinski definition) is 3. The molecule has 3 aromatic rings. The van der Waals surface area contributed by atoms with Crippen LogP contribution in [0.2, 0.25) is 5.15 Å². The van der Waals surface area contributed by atoms with Crippen LogP contribution < -0.4 is 11.1 Å². The molecule has 1 aliphatic carbocycles. The maximum atomic E-state index is 14.9. The van der Waals surface area contributed by atoms with E-state index in [1.807, 2.05) is 17.5 Å². The Hall–Kier alpha value is -2.46. The minimum absolute atomic E-state index is 0.156. The number of fused-ring (bicyclic) bond motifs is 1. The van der Waals surface area contributed by atoms with E-state index in [9.17, 15) is 22.0 Å². The van der Waals surface area contributed by atoms with Crippen molar-refractivity contribution in [2.24, 2.45) is 5.73 Å². The summed E-state index contributed by atoms with van der Waals surface area (Å²) in [4.78, 5) is 15.0. The van der Waals surface area contributed by atoms with E-state index in [1.54, 1.807) is 24.3 Å². The summed E-state index contributed by atoms with van der Waals surface area (Å²) in [7, 11) is 0. The molecule has 1 unspecified atom stereocenters. The Kier molecular flexibility index (Phi) is 8.82. The van der Waals surface area contributed by atoms with Gasteiger partial charge in [-0.3, -0.25) is 0 Å². The van der Waals surface area contributed by atoms with Crippen molar-refractivity contribution in [3.63, 3.8) is 0 Å². The lowest BCUT2D eigenvalue weighted by Crippen LogP contribution is -2.43. The van der Waals surface area contributed by atoms with E-state index in [2.05, 4.69) is 22.1 Å². The molecule has 0 amide bonds. The number of nitrogens with two attached hydrogens (primary N) is 1. The summed E-state index contributed by atoms with van der Waals surface area (Å²) < 4.78 is 62.3. The van der Waals surface area contributed by atoms with Gasteiger partial charge in [-0.1, -0.05) is 23.6 Å². The van der Waals surface area contributed by atoms with Crippen LogP contribution in [0.15, 0.2) is 23.6 Å². The summed E-state index contributed by atoms with van der Waals surface area (Å²) in [6, 6.07) is 5.15. The molecule has 0 radical (unpaired) electrons. The molecule has 13 heteroatoms. The molecule has 0 bridgehead atoms. The molecule has 1 saturated carbocycles. The number of anilines is 1. The van der Waals surface area contributed by atoms with Gasteiger partial charge < -0.3 is 16.2 Å². The van der Waals surface area contributed by atoms with Gasteiger partial charge in [-0.2, -0.15) is 13.2 Å². The van der Waals surface area contributed by atoms with E-state index >= 15 is 0 Å². The number of aromatic nitrogens is 1. The van der Waals surface area contributed by atoms with Crippen molar-refractivity contribution >= 4 is 56.1 Å². The molecule has 3 aromatic heterocycles.